The van der Waals surface area contributed by atoms with Gasteiger partial charge in [-0.3, -0.25) is 4.98 Å². The van der Waals surface area contributed by atoms with Crippen LogP contribution in [0.15, 0.2) is 12.1 Å². The van der Waals surface area contributed by atoms with E-state index in [1.54, 1.807) is 0 Å². The number of rotatable bonds is 1. The zero-order valence-corrected chi connectivity index (χ0v) is 7.26. The van der Waals surface area contributed by atoms with Gasteiger partial charge in [0, 0.05) is 5.69 Å². The molecule has 0 unspecified atom stereocenters. The molecule has 0 fully saturated rings. The average Bonchev–Trinajstić information content (AvgIpc) is 1.94. The van der Waals surface area contributed by atoms with E-state index < -0.39 is 0 Å². The molecule has 0 atom stereocenters. The molecule has 0 aliphatic rings. The number of aryl methyl sites for hydroxylation is 1. The van der Waals surface area contributed by atoms with Crippen molar-refractivity contribution in [1.82, 2.24) is 4.98 Å². The molecule has 0 amide bonds. The highest BCUT2D eigenvalue weighted by molar-refractivity contribution is 5.42. The topological polar surface area (TPSA) is 38.9 Å². The Morgan fingerprint density at radius 2 is 2.00 bits per heavy atom. The highest BCUT2D eigenvalue weighted by Crippen LogP contribution is 2.15. The van der Waals surface area contributed by atoms with Crippen LogP contribution in [-0.2, 0) is 0 Å². The number of aromatic nitrogens is 1. The van der Waals surface area contributed by atoms with Gasteiger partial charge >= 0.3 is 0 Å². The molecule has 0 spiro atoms. The highest BCUT2D eigenvalue weighted by Gasteiger charge is 2.01. The van der Waals surface area contributed by atoms with Gasteiger partial charge in [-0.15, -0.1) is 0 Å². The smallest absolute Gasteiger partial charge is 0.0605 e. The van der Waals surface area contributed by atoms with E-state index in [-0.39, 0.29) is 0 Å². The molecule has 0 bridgehead atoms. The summed E-state index contributed by atoms with van der Waals surface area (Å²) in [5.74, 6) is 0.481. The Morgan fingerprint density at radius 1 is 1.36 bits per heavy atom. The summed E-state index contributed by atoms with van der Waals surface area (Å²) in [6.45, 7) is 6.18. The first-order chi connectivity index (χ1) is 5.11. The molecule has 0 saturated carbocycles. The van der Waals surface area contributed by atoms with Gasteiger partial charge in [-0.2, -0.15) is 0 Å². The fourth-order valence-electron chi connectivity index (χ4n) is 0.913. The standard InChI is InChI=1S/C9H14N2/c1-6(2)9-5-4-8(10)7(3)11-9/h4-6H,10H2,1-3H3. The largest absolute Gasteiger partial charge is 0.397 e. The van der Waals surface area contributed by atoms with Crippen molar-refractivity contribution in [3.05, 3.63) is 23.5 Å². The SMILES string of the molecule is Cc1nc(C(C)C)ccc1N. The Kier molecular flexibility index (Phi) is 2.13. The zero-order valence-electron chi connectivity index (χ0n) is 7.26. The van der Waals surface area contributed by atoms with Crippen molar-refractivity contribution >= 4 is 5.69 Å². The summed E-state index contributed by atoms with van der Waals surface area (Å²) < 4.78 is 0. The first kappa shape index (κ1) is 8.05. The first-order valence-corrected chi connectivity index (χ1v) is 3.84. The summed E-state index contributed by atoms with van der Waals surface area (Å²) in [5.41, 5.74) is 8.43. The van der Waals surface area contributed by atoms with Crippen molar-refractivity contribution in [2.75, 3.05) is 5.73 Å². The summed E-state index contributed by atoms with van der Waals surface area (Å²) in [4.78, 5) is 4.35. The summed E-state index contributed by atoms with van der Waals surface area (Å²) in [7, 11) is 0. The molecular formula is C9H14N2. The highest BCUT2D eigenvalue weighted by atomic mass is 14.8. The van der Waals surface area contributed by atoms with Crippen LogP contribution in [0.25, 0.3) is 0 Å². The van der Waals surface area contributed by atoms with Crippen molar-refractivity contribution in [1.29, 1.82) is 0 Å². The number of nitrogen functional groups attached to an aromatic ring is 1. The van der Waals surface area contributed by atoms with Crippen LogP contribution in [0, 0.1) is 6.92 Å². The number of nitrogens with two attached hydrogens (primary N) is 1. The van der Waals surface area contributed by atoms with Crippen LogP contribution in [0.3, 0.4) is 0 Å². The molecule has 1 aromatic rings. The third kappa shape index (κ3) is 1.70. The minimum absolute atomic E-state index is 0.481. The Hall–Kier alpha value is -1.05. The van der Waals surface area contributed by atoms with E-state index in [0.717, 1.165) is 17.1 Å². The lowest BCUT2D eigenvalue weighted by Crippen LogP contribution is -1.98. The van der Waals surface area contributed by atoms with E-state index in [2.05, 4.69) is 18.8 Å². The average molecular weight is 150 g/mol. The van der Waals surface area contributed by atoms with E-state index in [4.69, 9.17) is 5.73 Å². The second-order valence-electron chi connectivity index (χ2n) is 3.07. The number of anilines is 1. The second-order valence-corrected chi connectivity index (χ2v) is 3.07. The molecule has 1 aromatic heterocycles. The maximum absolute atomic E-state index is 5.63. The molecular weight excluding hydrogens is 136 g/mol. The third-order valence-corrected chi connectivity index (χ3v) is 1.74. The van der Waals surface area contributed by atoms with Gasteiger partial charge in [-0.25, -0.2) is 0 Å². The Morgan fingerprint density at radius 3 is 2.45 bits per heavy atom. The van der Waals surface area contributed by atoms with Gasteiger partial charge < -0.3 is 5.73 Å². The van der Waals surface area contributed by atoms with Crippen LogP contribution in [0.5, 0.6) is 0 Å². The summed E-state index contributed by atoms with van der Waals surface area (Å²) >= 11 is 0. The Labute approximate surface area is 67.5 Å². The number of hydrogen-bond donors (Lipinski definition) is 1. The van der Waals surface area contributed by atoms with Gasteiger partial charge in [0.15, 0.2) is 0 Å². The monoisotopic (exact) mass is 150 g/mol. The van der Waals surface area contributed by atoms with E-state index in [0.29, 0.717) is 5.92 Å². The Bertz CT molecular complexity index is 254. The zero-order chi connectivity index (χ0) is 8.43. The van der Waals surface area contributed by atoms with Crippen LogP contribution in [0.4, 0.5) is 5.69 Å². The van der Waals surface area contributed by atoms with E-state index >= 15 is 0 Å². The quantitative estimate of drug-likeness (QED) is 0.665. The van der Waals surface area contributed by atoms with E-state index in [1.807, 2.05) is 19.1 Å². The summed E-state index contributed by atoms with van der Waals surface area (Å²) in [5, 5.41) is 0. The van der Waals surface area contributed by atoms with Gasteiger partial charge in [-0.05, 0) is 25.0 Å². The fraction of sp³-hybridized carbons (Fsp3) is 0.444. The summed E-state index contributed by atoms with van der Waals surface area (Å²) in [6, 6.07) is 3.89. The normalized spacial score (nSPS) is 10.5. The lowest BCUT2D eigenvalue weighted by Gasteiger charge is -2.06. The van der Waals surface area contributed by atoms with Crippen LogP contribution >= 0.6 is 0 Å². The molecule has 2 nitrogen and oxygen atoms in total. The molecule has 0 aliphatic heterocycles. The van der Waals surface area contributed by atoms with Gasteiger partial charge in [0.05, 0.1) is 11.4 Å². The molecule has 1 heterocycles. The predicted molar refractivity (Wildman–Crippen MR) is 47.5 cm³/mol. The second kappa shape index (κ2) is 2.91. The lowest BCUT2D eigenvalue weighted by atomic mass is 10.1. The number of pyridine rings is 1. The third-order valence-electron chi connectivity index (χ3n) is 1.74. The number of nitrogens with zero attached hydrogens (tertiary/aromatic N) is 1. The molecule has 0 radical (unpaired) electrons. The van der Waals surface area contributed by atoms with Crippen molar-refractivity contribution in [3.63, 3.8) is 0 Å². The van der Waals surface area contributed by atoms with Gasteiger partial charge in [0.2, 0.25) is 0 Å². The minimum Gasteiger partial charge on any atom is -0.397 e. The number of hydrogen-bond acceptors (Lipinski definition) is 2. The maximum atomic E-state index is 5.63. The molecule has 0 aromatic carbocycles. The molecule has 0 saturated heterocycles. The molecule has 60 valence electrons. The van der Waals surface area contributed by atoms with Crippen molar-refractivity contribution in [3.8, 4) is 0 Å². The van der Waals surface area contributed by atoms with Gasteiger partial charge in [0.1, 0.15) is 0 Å². The first-order valence-electron chi connectivity index (χ1n) is 3.84. The Balaban J connectivity index is 3.05. The van der Waals surface area contributed by atoms with E-state index in [1.165, 1.54) is 0 Å². The lowest BCUT2D eigenvalue weighted by molar-refractivity contribution is 0.816. The summed E-state index contributed by atoms with van der Waals surface area (Å²) in [6.07, 6.45) is 0. The minimum atomic E-state index is 0.481. The fourth-order valence-corrected chi connectivity index (χ4v) is 0.913. The van der Waals surface area contributed by atoms with Gasteiger partial charge in [0.25, 0.3) is 0 Å². The van der Waals surface area contributed by atoms with Crippen molar-refractivity contribution in [2.45, 2.75) is 26.7 Å². The molecule has 2 N–H and O–H groups in total. The molecule has 2 heteroatoms. The maximum Gasteiger partial charge on any atom is 0.0605 e. The van der Waals surface area contributed by atoms with Crippen molar-refractivity contribution in [2.24, 2.45) is 0 Å². The van der Waals surface area contributed by atoms with Crippen LogP contribution in [0.1, 0.15) is 31.2 Å². The predicted octanol–water partition coefficient (Wildman–Crippen LogP) is 2.10. The van der Waals surface area contributed by atoms with E-state index in [9.17, 15) is 0 Å². The van der Waals surface area contributed by atoms with Crippen LogP contribution in [0.2, 0.25) is 0 Å². The molecule has 0 aliphatic carbocycles. The van der Waals surface area contributed by atoms with Crippen LogP contribution < -0.4 is 5.73 Å². The van der Waals surface area contributed by atoms with Gasteiger partial charge in [-0.1, -0.05) is 13.8 Å². The molecule has 11 heavy (non-hydrogen) atoms. The van der Waals surface area contributed by atoms with Crippen molar-refractivity contribution < 1.29 is 0 Å². The molecule has 1 rings (SSSR count). The van der Waals surface area contributed by atoms with Crippen LogP contribution in [-0.4, -0.2) is 4.98 Å².